The number of nitrogens with zero attached hydrogens (tertiary/aromatic N) is 5. The summed E-state index contributed by atoms with van der Waals surface area (Å²) in [5, 5.41) is 18.2. The van der Waals surface area contributed by atoms with Crippen LogP contribution in [0.5, 0.6) is 5.75 Å². The predicted octanol–water partition coefficient (Wildman–Crippen LogP) is 5.89. The Labute approximate surface area is 193 Å². The van der Waals surface area contributed by atoms with Crippen LogP contribution in [0.1, 0.15) is 42.8 Å². The van der Waals surface area contributed by atoms with E-state index in [4.69, 9.17) is 20.8 Å². The second-order valence-electron chi connectivity index (χ2n) is 7.43. The first-order valence-corrected chi connectivity index (χ1v) is 11.4. The fourth-order valence-electron chi connectivity index (χ4n) is 3.21. The molecule has 4 aromatic rings. The van der Waals surface area contributed by atoms with E-state index in [1.165, 1.54) is 23.9 Å². The van der Waals surface area contributed by atoms with Crippen molar-refractivity contribution in [1.29, 1.82) is 0 Å². The molecule has 0 aliphatic heterocycles. The van der Waals surface area contributed by atoms with Gasteiger partial charge in [0.2, 0.25) is 11.8 Å². The molecule has 0 N–H and O–H groups in total. The van der Waals surface area contributed by atoms with E-state index in [2.05, 4.69) is 25.0 Å². The molecule has 7 nitrogen and oxygen atoms in total. The summed E-state index contributed by atoms with van der Waals surface area (Å²) in [6.45, 7) is 2.25. The minimum absolute atomic E-state index is 0.143. The second kappa shape index (κ2) is 8.91. The van der Waals surface area contributed by atoms with Crippen molar-refractivity contribution in [1.82, 2.24) is 25.0 Å². The Hall–Kier alpha value is -2.91. The number of aromatic nitrogens is 5. The summed E-state index contributed by atoms with van der Waals surface area (Å²) in [6.07, 6.45) is 2.16. The molecule has 1 fully saturated rings. The number of para-hydroxylation sites is 1. The van der Waals surface area contributed by atoms with Crippen LogP contribution < -0.4 is 4.74 Å². The molecule has 0 unspecified atom stereocenters. The molecule has 2 aromatic heterocycles. The van der Waals surface area contributed by atoms with Crippen LogP contribution >= 0.6 is 23.4 Å². The van der Waals surface area contributed by atoms with Crippen molar-refractivity contribution in [3.8, 4) is 17.2 Å². The van der Waals surface area contributed by atoms with Crippen LogP contribution in [0.4, 0.5) is 4.39 Å². The van der Waals surface area contributed by atoms with Crippen LogP contribution in [0.3, 0.4) is 0 Å². The van der Waals surface area contributed by atoms with E-state index >= 15 is 0 Å². The fourth-order valence-corrected chi connectivity index (χ4v) is 4.36. The maximum atomic E-state index is 13.2. The van der Waals surface area contributed by atoms with Gasteiger partial charge in [0.15, 0.2) is 11.0 Å². The molecule has 1 aliphatic rings. The van der Waals surface area contributed by atoms with E-state index in [9.17, 15) is 4.39 Å². The van der Waals surface area contributed by atoms with Crippen LogP contribution in [0.15, 0.2) is 58.1 Å². The smallest absolute Gasteiger partial charge is 0.247 e. The lowest BCUT2D eigenvalue weighted by Crippen LogP contribution is -2.07. The van der Waals surface area contributed by atoms with Gasteiger partial charge in [0.25, 0.3) is 0 Å². The van der Waals surface area contributed by atoms with E-state index in [0.717, 1.165) is 23.8 Å². The third kappa shape index (κ3) is 4.49. The van der Waals surface area contributed by atoms with Crippen molar-refractivity contribution in [3.63, 3.8) is 0 Å². The molecule has 0 radical (unpaired) electrons. The van der Waals surface area contributed by atoms with Gasteiger partial charge in [-0.1, -0.05) is 35.5 Å². The molecule has 164 valence electrons. The molecular weight excluding hydrogens is 453 g/mol. The third-order valence-corrected chi connectivity index (χ3v) is 6.36. The second-order valence-corrected chi connectivity index (χ2v) is 9.15. The molecule has 32 heavy (non-hydrogen) atoms. The first-order valence-electron chi connectivity index (χ1n) is 10.2. The zero-order valence-electron chi connectivity index (χ0n) is 17.1. The normalized spacial score (nSPS) is 14.5. The van der Waals surface area contributed by atoms with Crippen LogP contribution in [-0.4, -0.2) is 25.0 Å². The molecule has 2 heterocycles. The summed E-state index contributed by atoms with van der Waals surface area (Å²) in [5.41, 5.74) is 0.669. The largest absolute Gasteiger partial charge is 0.484 e. The van der Waals surface area contributed by atoms with Crippen molar-refractivity contribution >= 4 is 23.4 Å². The average molecular weight is 472 g/mol. The van der Waals surface area contributed by atoms with E-state index in [0.29, 0.717) is 34.2 Å². The number of thioether (sulfide) groups is 1. The van der Waals surface area contributed by atoms with Crippen LogP contribution in [0, 0.1) is 5.82 Å². The van der Waals surface area contributed by atoms with Crippen molar-refractivity contribution in [2.45, 2.75) is 42.8 Å². The minimum atomic E-state index is -0.314. The highest BCUT2D eigenvalue weighted by Crippen LogP contribution is 2.42. The van der Waals surface area contributed by atoms with Crippen molar-refractivity contribution in [3.05, 3.63) is 71.1 Å². The first-order chi connectivity index (χ1) is 15.6. The highest BCUT2D eigenvalue weighted by atomic mass is 35.5. The summed E-state index contributed by atoms with van der Waals surface area (Å²) in [5.74, 6) is 1.87. The van der Waals surface area contributed by atoms with E-state index in [1.54, 1.807) is 18.2 Å². The van der Waals surface area contributed by atoms with Gasteiger partial charge in [-0.05, 0) is 56.2 Å². The van der Waals surface area contributed by atoms with Crippen molar-refractivity contribution in [2.75, 3.05) is 0 Å². The quantitative estimate of drug-likeness (QED) is 0.296. The fraction of sp³-hybridized carbons (Fsp3) is 0.273. The lowest BCUT2D eigenvalue weighted by molar-refractivity contribution is 0.288. The lowest BCUT2D eigenvalue weighted by Gasteiger charge is -2.12. The van der Waals surface area contributed by atoms with Gasteiger partial charge in [-0.3, -0.25) is 4.57 Å². The number of hydrogen-bond acceptors (Lipinski definition) is 7. The van der Waals surface area contributed by atoms with Gasteiger partial charge >= 0.3 is 0 Å². The number of halogens is 2. The van der Waals surface area contributed by atoms with E-state index in [-0.39, 0.29) is 17.7 Å². The molecule has 2 aromatic carbocycles. The molecule has 1 saturated carbocycles. The van der Waals surface area contributed by atoms with E-state index in [1.807, 2.05) is 25.1 Å². The van der Waals surface area contributed by atoms with E-state index < -0.39 is 0 Å². The number of benzene rings is 2. The number of rotatable bonds is 8. The summed E-state index contributed by atoms with van der Waals surface area (Å²) < 4.78 is 27.0. The third-order valence-electron chi connectivity index (χ3n) is 5.00. The molecule has 10 heteroatoms. The highest BCUT2D eigenvalue weighted by Gasteiger charge is 2.31. The Kier molecular flexibility index (Phi) is 5.84. The Morgan fingerprint density at radius 2 is 1.91 bits per heavy atom. The first kappa shape index (κ1) is 21.0. The Morgan fingerprint density at radius 1 is 1.12 bits per heavy atom. The number of hydrogen-bond donors (Lipinski definition) is 0. The lowest BCUT2D eigenvalue weighted by atomic mass is 10.2. The van der Waals surface area contributed by atoms with Gasteiger partial charge < -0.3 is 9.15 Å². The monoisotopic (exact) mass is 471 g/mol. The average Bonchev–Trinajstić information content (AvgIpc) is 3.36. The molecule has 1 aliphatic carbocycles. The molecule has 0 bridgehead atoms. The van der Waals surface area contributed by atoms with Crippen LogP contribution in [0.2, 0.25) is 5.02 Å². The highest BCUT2D eigenvalue weighted by molar-refractivity contribution is 7.99. The molecule has 0 amide bonds. The van der Waals surface area contributed by atoms with Gasteiger partial charge in [0.1, 0.15) is 18.2 Å². The van der Waals surface area contributed by atoms with Crippen molar-refractivity contribution in [2.24, 2.45) is 0 Å². The molecular formula is C22H19ClFN5O2S. The zero-order chi connectivity index (χ0) is 22.1. The minimum Gasteiger partial charge on any atom is -0.484 e. The maximum absolute atomic E-state index is 13.2. The molecule has 1 atom stereocenters. The summed E-state index contributed by atoms with van der Waals surface area (Å²) in [6, 6.07) is 13.7. The summed E-state index contributed by atoms with van der Waals surface area (Å²) in [4.78, 5) is 0. The number of ether oxygens (including phenoxy) is 1. The SMILES string of the molecule is C[C@H](Sc1nnc(COc2ccccc2Cl)n1C1CC1)c1nnc(-c2ccc(F)cc2)o1. The van der Waals surface area contributed by atoms with Crippen LogP contribution in [-0.2, 0) is 6.61 Å². The molecule has 5 rings (SSSR count). The topological polar surface area (TPSA) is 78.9 Å². The van der Waals surface area contributed by atoms with Gasteiger partial charge in [-0.2, -0.15) is 0 Å². The van der Waals surface area contributed by atoms with Gasteiger partial charge in [-0.25, -0.2) is 4.39 Å². The Morgan fingerprint density at radius 3 is 2.66 bits per heavy atom. The molecule has 0 spiro atoms. The predicted molar refractivity (Wildman–Crippen MR) is 118 cm³/mol. The van der Waals surface area contributed by atoms with Crippen LogP contribution in [0.25, 0.3) is 11.5 Å². The van der Waals surface area contributed by atoms with Gasteiger partial charge in [0, 0.05) is 11.6 Å². The summed E-state index contributed by atoms with van der Waals surface area (Å²) >= 11 is 7.69. The Balaban J connectivity index is 1.31. The maximum Gasteiger partial charge on any atom is 0.247 e. The van der Waals surface area contributed by atoms with Gasteiger partial charge in [0.05, 0.1) is 10.3 Å². The Bertz CT molecular complexity index is 1230. The van der Waals surface area contributed by atoms with Gasteiger partial charge in [-0.15, -0.1) is 20.4 Å². The zero-order valence-corrected chi connectivity index (χ0v) is 18.7. The standard InChI is InChI=1S/C22H19ClFN5O2S/c1-13(20-26-27-21(31-20)14-6-8-15(24)9-7-14)32-22-28-25-19(29(22)16-10-11-16)12-30-18-5-3-2-4-17(18)23/h2-9,13,16H,10-12H2,1H3/t13-/m0/s1. The van der Waals surface area contributed by atoms with Crippen molar-refractivity contribution < 1.29 is 13.5 Å². The molecule has 0 saturated heterocycles. The summed E-state index contributed by atoms with van der Waals surface area (Å²) in [7, 11) is 0.